The molecule has 1 aliphatic heterocycles. The molecule has 1 saturated heterocycles. The monoisotopic (exact) mass is 339 g/mol. The molecule has 1 aliphatic carbocycles. The van der Waals surface area contributed by atoms with Gasteiger partial charge in [-0.15, -0.1) is 0 Å². The fourth-order valence-electron chi connectivity index (χ4n) is 3.36. The van der Waals surface area contributed by atoms with Gasteiger partial charge in [0.2, 0.25) is 11.8 Å². The molecule has 1 atom stereocenters. The summed E-state index contributed by atoms with van der Waals surface area (Å²) in [6.45, 7) is 5.74. The lowest BCUT2D eigenvalue weighted by molar-refractivity contribution is -0.138. The number of ether oxygens (including phenoxy) is 1. The Morgan fingerprint density at radius 2 is 1.62 bits per heavy atom. The summed E-state index contributed by atoms with van der Waals surface area (Å²) in [6.07, 6.45) is 4.90. The first kappa shape index (κ1) is 18.5. The maximum atomic E-state index is 12.5. The highest BCUT2D eigenvalue weighted by molar-refractivity contribution is 5.88. The summed E-state index contributed by atoms with van der Waals surface area (Å²) in [5.74, 6) is -0.0296. The SMILES string of the molecule is CCOC(=O)N1CCN(C(=O)[C@@H](C)NC(=O)C2CCCCC2)CC1. The first-order valence-corrected chi connectivity index (χ1v) is 9.03. The van der Waals surface area contributed by atoms with Gasteiger partial charge in [-0.05, 0) is 26.7 Å². The van der Waals surface area contributed by atoms with Crippen molar-refractivity contribution in [3.8, 4) is 0 Å². The summed E-state index contributed by atoms with van der Waals surface area (Å²) < 4.78 is 4.97. The van der Waals surface area contributed by atoms with Gasteiger partial charge in [-0.25, -0.2) is 4.79 Å². The Morgan fingerprint density at radius 1 is 1.04 bits per heavy atom. The molecule has 2 fully saturated rings. The van der Waals surface area contributed by atoms with Gasteiger partial charge in [-0.2, -0.15) is 0 Å². The number of nitrogens with one attached hydrogen (secondary N) is 1. The standard InChI is InChI=1S/C17H29N3O4/c1-3-24-17(23)20-11-9-19(10-12-20)16(22)13(2)18-15(21)14-7-5-4-6-8-14/h13-14H,3-12H2,1-2H3,(H,18,21)/t13-/m1/s1. The Hall–Kier alpha value is -1.79. The van der Waals surface area contributed by atoms with Crippen molar-refractivity contribution in [2.75, 3.05) is 32.8 Å². The van der Waals surface area contributed by atoms with Gasteiger partial charge >= 0.3 is 6.09 Å². The van der Waals surface area contributed by atoms with E-state index in [2.05, 4.69) is 5.32 Å². The Kier molecular flexibility index (Phi) is 6.87. The lowest BCUT2D eigenvalue weighted by Crippen LogP contribution is -2.55. The number of carbonyl (C=O) groups excluding carboxylic acids is 3. The summed E-state index contributed by atoms with van der Waals surface area (Å²) in [4.78, 5) is 39.7. The lowest BCUT2D eigenvalue weighted by Gasteiger charge is -2.35. The largest absolute Gasteiger partial charge is 0.450 e. The van der Waals surface area contributed by atoms with Gasteiger partial charge in [0.15, 0.2) is 0 Å². The Morgan fingerprint density at radius 3 is 2.21 bits per heavy atom. The molecule has 1 heterocycles. The third kappa shape index (κ3) is 4.85. The van der Waals surface area contributed by atoms with Crippen LogP contribution < -0.4 is 5.32 Å². The van der Waals surface area contributed by atoms with Gasteiger partial charge in [-0.3, -0.25) is 9.59 Å². The summed E-state index contributed by atoms with van der Waals surface area (Å²) in [7, 11) is 0. The number of amides is 3. The van der Waals surface area contributed by atoms with Crippen molar-refractivity contribution >= 4 is 17.9 Å². The van der Waals surface area contributed by atoms with E-state index < -0.39 is 6.04 Å². The van der Waals surface area contributed by atoms with E-state index in [0.717, 1.165) is 25.7 Å². The molecule has 1 saturated carbocycles. The quantitative estimate of drug-likeness (QED) is 0.839. The van der Waals surface area contributed by atoms with Crippen LogP contribution in [0.2, 0.25) is 0 Å². The molecule has 24 heavy (non-hydrogen) atoms. The van der Waals surface area contributed by atoms with Crippen LogP contribution in [0, 0.1) is 5.92 Å². The number of piperazine rings is 1. The van der Waals surface area contributed by atoms with Crippen molar-refractivity contribution in [3.05, 3.63) is 0 Å². The molecule has 7 nitrogen and oxygen atoms in total. The van der Waals surface area contributed by atoms with Crippen molar-refractivity contribution in [2.45, 2.75) is 52.0 Å². The van der Waals surface area contributed by atoms with Crippen LogP contribution in [0.3, 0.4) is 0 Å². The van der Waals surface area contributed by atoms with Gasteiger partial charge < -0.3 is 19.9 Å². The molecule has 1 N–H and O–H groups in total. The van der Waals surface area contributed by atoms with E-state index >= 15 is 0 Å². The normalized spacial score (nSPS) is 20.4. The average molecular weight is 339 g/mol. The minimum absolute atomic E-state index is 0.000657. The van der Waals surface area contributed by atoms with E-state index in [9.17, 15) is 14.4 Å². The van der Waals surface area contributed by atoms with Gasteiger partial charge in [-0.1, -0.05) is 19.3 Å². The minimum atomic E-state index is -0.520. The van der Waals surface area contributed by atoms with Crippen molar-refractivity contribution in [2.24, 2.45) is 5.92 Å². The molecule has 0 unspecified atom stereocenters. The highest BCUT2D eigenvalue weighted by atomic mass is 16.6. The molecule has 3 amide bonds. The van der Waals surface area contributed by atoms with Gasteiger partial charge in [0.1, 0.15) is 6.04 Å². The molecule has 0 radical (unpaired) electrons. The Labute approximate surface area is 143 Å². The van der Waals surface area contributed by atoms with E-state index in [-0.39, 0.29) is 23.8 Å². The van der Waals surface area contributed by atoms with Gasteiger partial charge in [0.25, 0.3) is 0 Å². The molecule has 0 bridgehead atoms. The highest BCUT2D eigenvalue weighted by Crippen LogP contribution is 2.23. The molecule has 0 aromatic heterocycles. The maximum Gasteiger partial charge on any atom is 0.409 e. The van der Waals surface area contributed by atoms with E-state index in [1.165, 1.54) is 6.42 Å². The zero-order chi connectivity index (χ0) is 17.5. The van der Waals surface area contributed by atoms with Crippen molar-refractivity contribution in [1.82, 2.24) is 15.1 Å². The highest BCUT2D eigenvalue weighted by Gasteiger charge is 2.29. The number of hydrogen-bond acceptors (Lipinski definition) is 4. The smallest absolute Gasteiger partial charge is 0.409 e. The van der Waals surface area contributed by atoms with Gasteiger partial charge in [0.05, 0.1) is 6.61 Å². The first-order valence-electron chi connectivity index (χ1n) is 9.03. The number of carbonyl (C=O) groups is 3. The van der Waals surface area contributed by atoms with Crippen LogP contribution in [0.25, 0.3) is 0 Å². The predicted molar refractivity (Wildman–Crippen MR) is 89.4 cm³/mol. The molecule has 0 aromatic carbocycles. The predicted octanol–water partition coefficient (Wildman–Crippen LogP) is 1.37. The van der Waals surface area contributed by atoms with Crippen LogP contribution in [-0.4, -0.2) is 66.5 Å². The van der Waals surface area contributed by atoms with E-state index in [1.807, 2.05) is 0 Å². The number of nitrogens with zero attached hydrogens (tertiary/aromatic N) is 2. The second-order valence-corrected chi connectivity index (χ2v) is 6.58. The fraction of sp³-hybridized carbons (Fsp3) is 0.824. The summed E-state index contributed by atoms with van der Waals surface area (Å²) in [5, 5.41) is 2.87. The van der Waals surface area contributed by atoms with Crippen LogP contribution in [0.1, 0.15) is 46.0 Å². The molecular formula is C17H29N3O4. The molecular weight excluding hydrogens is 310 g/mol. The van der Waals surface area contributed by atoms with Crippen LogP contribution in [0.5, 0.6) is 0 Å². The minimum Gasteiger partial charge on any atom is -0.450 e. The van der Waals surface area contributed by atoms with Crippen LogP contribution in [0.4, 0.5) is 4.79 Å². The molecule has 2 rings (SSSR count). The summed E-state index contributed by atoms with van der Waals surface area (Å²) in [6, 6.07) is -0.520. The van der Waals surface area contributed by atoms with Crippen molar-refractivity contribution in [1.29, 1.82) is 0 Å². The zero-order valence-electron chi connectivity index (χ0n) is 14.8. The first-order chi connectivity index (χ1) is 11.5. The van der Waals surface area contributed by atoms with E-state index in [1.54, 1.807) is 23.6 Å². The molecule has 0 spiro atoms. The second kappa shape index (κ2) is 8.89. The van der Waals surface area contributed by atoms with Crippen LogP contribution in [0.15, 0.2) is 0 Å². The van der Waals surface area contributed by atoms with Crippen LogP contribution >= 0.6 is 0 Å². The fourth-order valence-corrected chi connectivity index (χ4v) is 3.36. The summed E-state index contributed by atoms with van der Waals surface area (Å²) in [5.41, 5.74) is 0. The van der Waals surface area contributed by atoms with E-state index in [4.69, 9.17) is 4.74 Å². The number of hydrogen-bond donors (Lipinski definition) is 1. The maximum absolute atomic E-state index is 12.5. The zero-order valence-corrected chi connectivity index (χ0v) is 14.8. The second-order valence-electron chi connectivity index (χ2n) is 6.58. The molecule has 0 aromatic rings. The molecule has 2 aliphatic rings. The number of rotatable bonds is 4. The Balaban J connectivity index is 1.77. The van der Waals surface area contributed by atoms with Gasteiger partial charge in [0, 0.05) is 32.1 Å². The molecule has 7 heteroatoms. The third-order valence-corrected chi connectivity index (χ3v) is 4.82. The summed E-state index contributed by atoms with van der Waals surface area (Å²) >= 11 is 0. The topological polar surface area (TPSA) is 79.0 Å². The van der Waals surface area contributed by atoms with Crippen molar-refractivity contribution in [3.63, 3.8) is 0 Å². The Bertz CT molecular complexity index is 455. The average Bonchev–Trinajstić information content (AvgIpc) is 2.62. The lowest BCUT2D eigenvalue weighted by atomic mass is 9.88. The third-order valence-electron chi connectivity index (χ3n) is 4.82. The van der Waals surface area contributed by atoms with Crippen molar-refractivity contribution < 1.29 is 19.1 Å². The van der Waals surface area contributed by atoms with E-state index in [0.29, 0.717) is 32.8 Å². The molecule has 136 valence electrons. The van der Waals surface area contributed by atoms with Crippen LogP contribution in [-0.2, 0) is 14.3 Å².